The van der Waals surface area contributed by atoms with Gasteiger partial charge in [0, 0.05) is 10.9 Å². The van der Waals surface area contributed by atoms with Crippen molar-refractivity contribution < 1.29 is 9.21 Å². The van der Waals surface area contributed by atoms with Gasteiger partial charge < -0.3 is 4.42 Å². The zero-order valence-electron chi connectivity index (χ0n) is 16.1. The first-order valence-corrected chi connectivity index (χ1v) is 10.6. The molecule has 1 atom stereocenters. The highest BCUT2D eigenvalue weighted by atomic mass is 35.5. The Bertz CT molecular complexity index is 1340. The van der Waals surface area contributed by atoms with E-state index in [2.05, 4.69) is 10.2 Å². The molecule has 5 rings (SSSR count). The molecule has 3 heterocycles. The number of anilines is 1. The second-order valence-corrected chi connectivity index (χ2v) is 8.80. The second-order valence-electron chi connectivity index (χ2n) is 7.38. The van der Waals surface area contributed by atoms with Crippen LogP contribution in [0.3, 0.4) is 0 Å². The van der Waals surface area contributed by atoms with Gasteiger partial charge in [0.1, 0.15) is 10.6 Å². The summed E-state index contributed by atoms with van der Waals surface area (Å²) in [6.07, 6.45) is 0. The largest absolute Gasteiger partial charge is 0.450 e. The summed E-state index contributed by atoms with van der Waals surface area (Å²) in [5, 5.41) is 10.7. The maximum Gasteiger partial charge on any atom is 0.297 e. The van der Waals surface area contributed by atoms with Crippen LogP contribution in [0, 0.1) is 0 Å². The minimum absolute atomic E-state index is 0.0416. The summed E-state index contributed by atoms with van der Waals surface area (Å²) in [5.41, 5.74) is 1.21. The molecule has 0 bridgehead atoms. The predicted octanol–water partition coefficient (Wildman–Crippen LogP) is 5.17. The Labute approximate surface area is 180 Å². The van der Waals surface area contributed by atoms with E-state index in [1.165, 1.54) is 16.2 Å². The van der Waals surface area contributed by atoms with Gasteiger partial charge in [0.05, 0.1) is 17.0 Å². The van der Waals surface area contributed by atoms with Crippen LogP contribution in [0.2, 0.25) is 5.02 Å². The minimum atomic E-state index is -0.668. The van der Waals surface area contributed by atoms with Gasteiger partial charge in [-0.2, -0.15) is 0 Å². The molecular formula is C22H16ClN3O3S. The number of carbonyl (C=O) groups excluding carboxylic acids is 1. The number of amides is 1. The van der Waals surface area contributed by atoms with Gasteiger partial charge in [0.25, 0.3) is 5.91 Å². The van der Waals surface area contributed by atoms with E-state index in [0.717, 1.165) is 10.6 Å². The SMILES string of the molecule is CC(C)c1nnc(N2C(=O)c3oc4ccccc4c(=O)c3[C@@H]2c2ccc(Cl)cc2)s1. The van der Waals surface area contributed by atoms with Gasteiger partial charge in [-0.3, -0.25) is 14.5 Å². The van der Waals surface area contributed by atoms with Gasteiger partial charge in [-0.1, -0.05) is 61.1 Å². The molecule has 30 heavy (non-hydrogen) atoms. The van der Waals surface area contributed by atoms with Crippen molar-refractivity contribution in [1.82, 2.24) is 10.2 Å². The molecule has 0 fully saturated rings. The molecule has 0 saturated heterocycles. The Balaban J connectivity index is 1.78. The molecule has 0 saturated carbocycles. The fraction of sp³-hybridized carbons (Fsp3) is 0.182. The van der Waals surface area contributed by atoms with Crippen LogP contribution in [0.1, 0.15) is 52.5 Å². The van der Waals surface area contributed by atoms with E-state index in [-0.39, 0.29) is 17.1 Å². The maximum atomic E-state index is 13.4. The van der Waals surface area contributed by atoms with Gasteiger partial charge in [-0.05, 0) is 29.8 Å². The molecule has 1 amide bonds. The number of rotatable bonds is 3. The Kier molecular flexibility index (Phi) is 4.45. The van der Waals surface area contributed by atoms with Crippen molar-refractivity contribution in [2.45, 2.75) is 25.8 Å². The second kappa shape index (κ2) is 7.04. The van der Waals surface area contributed by atoms with Gasteiger partial charge in [-0.25, -0.2) is 0 Å². The summed E-state index contributed by atoms with van der Waals surface area (Å²) in [6.45, 7) is 4.03. The van der Waals surface area contributed by atoms with Gasteiger partial charge in [0.2, 0.25) is 10.9 Å². The Morgan fingerprint density at radius 2 is 1.80 bits per heavy atom. The highest BCUT2D eigenvalue weighted by molar-refractivity contribution is 7.15. The van der Waals surface area contributed by atoms with Crippen LogP contribution < -0.4 is 10.3 Å². The normalized spacial score (nSPS) is 15.9. The molecule has 4 aromatic rings. The molecule has 1 aliphatic rings. The van der Waals surface area contributed by atoms with Crippen molar-refractivity contribution in [2.75, 3.05) is 4.90 Å². The van der Waals surface area contributed by atoms with Crippen molar-refractivity contribution in [1.29, 1.82) is 0 Å². The van der Waals surface area contributed by atoms with Crippen LogP contribution in [0.5, 0.6) is 0 Å². The summed E-state index contributed by atoms with van der Waals surface area (Å²) in [5.74, 6) is -0.188. The molecule has 0 unspecified atom stereocenters. The highest BCUT2D eigenvalue weighted by Crippen LogP contribution is 2.42. The number of nitrogens with zero attached hydrogens (tertiary/aromatic N) is 3. The molecule has 2 aromatic carbocycles. The number of halogens is 1. The van der Waals surface area contributed by atoms with Crippen LogP contribution in [0.25, 0.3) is 11.0 Å². The first-order chi connectivity index (χ1) is 14.5. The Morgan fingerprint density at radius 1 is 1.07 bits per heavy atom. The fourth-order valence-corrected chi connectivity index (χ4v) is 4.63. The summed E-state index contributed by atoms with van der Waals surface area (Å²) in [6, 6.07) is 13.4. The standard InChI is InChI=1S/C22H16ClN3O3S/c1-11(2)20-24-25-22(30-20)26-17(12-7-9-13(23)10-8-12)16-18(27)14-5-3-4-6-15(14)29-19(16)21(26)28/h3-11,17H,1-2H3/t17-/m0/s1. The van der Waals surface area contributed by atoms with E-state index in [1.54, 1.807) is 48.5 Å². The molecule has 6 nitrogen and oxygen atoms in total. The number of hydrogen-bond acceptors (Lipinski definition) is 6. The summed E-state index contributed by atoms with van der Waals surface area (Å²) in [7, 11) is 0. The molecule has 0 radical (unpaired) electrons. The lowest BCUT2D eigenvalue weighted by molar-refractivity contribution is 0.0970. The maximum absolute atomic E-state index is 13.4. The third kappa shape index (κ3) is 2.85. The van der Waals surface area contributed by atoms with E-state index >= 15 is 0 Å². The monoisotopic (exact) mass is 437 g/mol. The fourth-order valence-electron chi connectivity index (χ4n) is 3.63. The predicted molar refractivity (Wildman–Crippen MR) is 117 cm³/mol. The molecule has 2 aromatic heterocycles. The molecule has 150 valence electrons. The van der Waals surface area contributed by atoms with Crippen LogP contribution >= 0.6 is 22.9 Å². The average molecular weight is 438 g/mol. The third-order valence-electron chi connectivity index (χ3n) is 5.09. The quantitative estimate of drug-likeness (QED) is 0.442. The molecule has 0 N–H and O–H groups in total. The smallest absolute Gasteiger partial charge is 0.297 e. The van der Waals surface area contributed by atoms with Crippen molar-refractivity contribution >= 4 is 44.9 Å². The summed E-state index contributed by atoms with van der Waals surface area (Å²) < 4.78 is 5.92. The number of aromatic nitrogens is 2. The Morgan fingerprint density at radius 3 is 2.50 bits per heavy atom. The topological polar surface area (TPSA) is 76.3 Å². The number of benzene rings is 2. The average Bonchev–Trinajstić information content (AvgIpc) is 3.33. The molecule has 0 aliphatic carbocycles. The van der Waals surface area contributed by atoms with Crippen LogP contribution in [-0.2, 0) is 0 Å². The van der Waals surface area contributed by atoms with Crippen molar-refractivity contribution in [2.24, 2.45) is 0 Å². The van der Waals surface area contributed by atoms with Crippen LogP contribution in [0.4, 0.5) is 5.13 Å². The van der Waals surface area contributed by atoms with E-state index < -0.39 is 11.9 Å². The zero-order valence-corrected chi connectivity index (χ0v) is 17.7. The van der Waals surface area contributed by atoms with E-state index in [1.807, 2.05) is 13.8 Å². The van der Waals surface area contributed by atoms with Crippen LogP contribution in [-0.4, -0.2) is 16.1 Å². The first kappa shape index (κ1) is 19.0. The van der Waals surface area contributed by atoms with Gasteiger partial charge >= 0.3 is 0 Å². The first-order valence-electron chi connectivity index (χ1n) is 9.44. The van der Waals surface area contributed by atoms with Gasteiger partial charge in [-0.15, -0.1) is 10.2 Å². The molecular weight excluding hydrogens is 422 g/mol. The lowest BCUT2D eigenvalue weighted by Gasteiger charge is -2.22. The lowest BCUT2D eigenvalue weighted by Crippen LogP contribution is -2.29. The summed E-state index contributed by atoms with van der Waals surface area (Å²) >= 11 is 7.40. The van der Waals surface area contributed by atoms with Crippen molar-refractivity contribution in [3.8, 4) is 0 Å². The van der Waals surface area contributed by atoms with Gasteiger partial charge in [0.15, 0.2) is 5.43 Å². The molecule has 0 spiro atoms. The highest BCUT2D eigenvalue weighted by Gasteiger charge is 2.45. The van der Waals surface area contributed by atoms with E-state index in [9.17, 15) is 9.59 Å². The number of fused-ring (bicyclic) bond motifs is 2. The van der Waals surface area contributed by atoms with Crippen molar-refractivity contribution in [3.63, 3.8) is 0 Å². The number of carbonyl (C=O) groups is 1. The third-order valence-corrected chi connectivity index (χ3v) is 6.57. The van der Waals surface area contributed by atoms with Crippen LogP contribution in [0.15, 0.2) is 57.7 Å². The number of hydrogen-bond donors (Lipinski definition) is 0. The number of para-hydroxylation sites is 1. The Hall–Kier alpha value is -3.03. The molecule has 1 aliphatic heterocycles. The zero-order chi connectivity index (χ0) is 21.0. The van der Waals surface area contributed by atoms with Crippen molar-refractivity contribution in [3.05, 3.63) is 85.7 Å². The summed E-state index contributed by atoms with van der Waals surface area (Å²) in [4.78, 5) is 28.3. The minimum Gasteiger partial charge on any atom is -0.450 e. The lowest BCUT2D eigenvalue weighted by atomic mass is 9.99. The van der Waals surface area contributed by atoms with E-state index in [4.69, 9.17) is 16.0 Å². The molecule has 8 heteroatoms. The van der Waals surface area contributed by atoms with E-state index in [0.29, 0.717) is 26.7 Å².